The van der Waals surface area contributed by atoms with Crippen LogP contribution in [0, 0.1) is 0 Å². The van der Waals surface area contributed by atoms with Gasteiger partial charge in [-0.1, -0.05) is 35.5 Å². The van der Waals surface area contributed by atoms with Gasteiger partial charge in [0.25, 0.3) is 0 Å². The molecule has 2 aromatic carbocycles. The van der Waals surface area contributed by atoms with E-state index in [2.05, 4.69) is 25.6 Å². The van der Waals surface area contributed by atoms with Crippen molar-refractivity contribution >= 4 is 16.7 Å². The molecule has 6 nitrogen and oxygen atoms in total. The number of rotatable bonds is 4. The summed E-state index contributed by atoms with van der Waals surface area (Å²) in [6, 6.07) is 17.8. The molecule has 0 bridgehead atoms. The van der Waals surface area contributed by atoms with Crippen LogP contribution in [-0.2, 0) is 0 Å². The fourth-order valence-electron chi connectivity index (χ4n) is 2.58. The van der Waals surface area contributed by atoms with Crippen LogP contribution in [0.1, 0.15) is 18.7 Å². The van der Waals surface area contributed by atoms with Crippen LogP contribution in [0.15, 0.2) is 67.1 Å². The van der Waals surface area contributed by atoms with Crippen LogP contribution in [0.2, 0.25) is 0 Å². The van der Waals surface area contributed by atoms with Crippen LogP contribution in [0.3, 0.4) is 0 Å². The van der Waals surface area contributed by atoms with Crippen LogP contribution in [-0.4, -0.2) is 25.0 Å². The normalized spacial score (nSPS) is 12.2. The molecule has 0 aliphatic heterocycles. The van der Waals surface area contributed by atoms with Gasteiger partial charge in [-0.3, -0.25) is 0 Å². The molecule has 118 valence electrons. The summed E-state index contributed by atoms with van der Waals surface area (Å²) < 4.78 is 1.77. The first-order chi connectivity index (χ1) is 11.8. The third-order valence-corrected chi connectivity index (χ3v) is 3.87. The summed E-state index contributed by atoms with van der Waals surface area (Å²) >= 11 is 0. The van der Waals surface area contributed by atoms with E-state index >= 15 is 0 Å². The van der Waals surface area contributed by atoms with Crippen molar-refractivity contribution in [3.8, 4) is 5.69 Å². The highest BCUT2D eigenvalue weighted by molar-refractivity contribution is 5.88. The van der Waals surface area contributed by atoms with Crippen LogP contribution in [0.25, 0.3) is 16.6 Å². The Hall–Kier alpha value is -3.28. The first-order valence-corrected chi connectivity index (χ1v) is 7.75. The summed E-state index contributed by atoms with van der Waals surface area (Å²) in [5.41, 5.74) is 2.74. The van der Waals surface area contributed by atoms with Gasteiger partial charge in [0, 0.05) is 5.39 Å². The maximum absolute atomic E-state index is 4.36. The highest BCUT2D eigenvalue weighted by Crippen LogP contribution is 2.23. The lowest BCUT2D eigenvalue weighted by molar-refractivity contribution is 0.780. The lowest BCUT2D eigenvalue weighted by atomic mass is 10.2. The number of benzene rings is 2. The van der Waals surface area contributed by atoms with Crippen molar-refractivity contribution < 1.29 is 0 Å². The van der Waals surface area contributed by atoms with E-state index in [1.807, 2.05) is 67.7 Å². The first-order valence-electron chi connectivity index (χ1n) is 7.75. The number of fused-ring (bicyclic) bond motifs is 1. The SMILES string of the molecule is CC(Nc1ncnc2ccccc12)c1cn(-c2ccccc2)nn1. The highest BCUT2D eigenvalue weighted by atomic mass is 15.4. The minimum Gasteiger partial charge on any atom is -0.361 e. The van der Waals surface area contributed by atoms with Crippen molar-refractivity contribution in [1.29, 1.82) is 0 Å². The average molecular weight is 316 g/mol. The second-order valence-electron chi connectivity index (χ2n) is 5.53. The van der Waals surface area contributed by atoms with Crippen molar-refractivity contribution in [2.75, 3.05) is 5.32 Å². The molecule has 2 aromatic heterocycles. The monoisotopic (exact) mass is 316 g/mol. The molecule has 0 amide bonds. The van der Waals surface area contributed by atoms with E-state index < -0.39 is 0 Å². The number of nitrogens with zero attached hydrogens (tertiary/aromatic N) is 5. The number of hydrogen-bond donors (Lipinski definition) is 1. The van der Waals surface area contributed by atoms with E-state index in [1.54, 1.807) is 11.0 Å². The van der Waals surface area contributed by atoms with E-state index in [0.717, 1.165) is 28.1 Å². The molecule has 1 unspecified atom stereocenters. The van der Waals surface area contributed by atoms with E-state index in [0.29, 0.717) is 0 Å². The molecule has 0 saturated carbocycles. The summed E-state index contributed by atoms with van der Waals surface area (Å²) in [6.07, 6.45) is 3.49. The Bertz CT molecular complexity index is 958. The third-order valence-electron chi connectivity index (χ3n) is 3.87. The number of nitrogens with one attached hydrogen (secondary N) is 1. The largest absolute Gasteiger partial charge is 0.361 e. The van der Waals surface area contributed by atoms with E-state index in [4.69, 9.17) is 0 Å². The Balaban J connectivity index is 1.60. The predicted octanol–water partition coefficient (Wildman–Crippen LogP) is 3.38. The quantitative estimate of drug-likeness (QED) is 0.625. The van der Waals surface area contributed by atoms with Gasteiger partial charge in [-0.05, 0) is 31.2 Å². The zero-order valence-corrected chi connectivity index (χ0v) is 13.2. The summed E-state index contributed by atoms with van der Waals surface area (Å²) in [5.74, 6) is 0.794. The lowest BCUT2D eigenvalue weighted by Gasteiger charge is -2.13. The molecular formula is C18H16N6. The third kappa shape index (κ3) is 2.69. The van der Waals surface area contributed by atoms with Gasteiger partial charge in [0.2, 0.25) is 0 Å². The highest BCUT2D eigenvalue weighted by Gasteiger charge is 2.13. The number of aromatic nitrogens is 5. The van der Waals surface area contributed by atoms with Gasteiger partial charge in [0.1, 0.15) is 17.8 Å². The molecule has 4 aromatic rings. The molecule has 2 heterocycles. The molecule has 4 rings (SSSR count). The van der Waals surface area contributed by atoms with E-state index in [9.17, 15) is 0 Å². The Morgan fingerprint density at radius 3 is 2.62 bits per heavy atom. The lowest BCUT2D eigenvalue weighted by Crippen LogP contribution is -2.09. The predicted molar refractivity (Wildman–Crippen MR) is 92.9 cm³/mol. The maximum atomic E-state index is 4.36. The minimum absolute atomic E-state index is 0.0271. The average Bonchev–Trinajstić information content (AvgIpc) is 3.13. The van der Waals surface area contributed by atoms with Crippen molar-refractivity contribution in [3.63, 3.8) is 0 Å². The second kappa shape index (κ2) is 6.08. The Morgan fingerprint density at radius 2 is 1.75 bits per heavy atom. The summed E-state index contributed by atoms with van der Waals surface area (Å²) in [5, 5.41) is 12.9. The maximum Gasteiger partial charge on any atom is 0.137 e. The smallest absolute Gasteiger partial charge is 0.137 e. The van der Waals surface area contributed by atoms with Crippen LogP contribution < -0.4 is 5.32 Å². The Kier molecular flexibility index (Phi) is 3.63. The van der Waals surface area contributed by atoms with Crippen molar-refractivity contribution in [1.82, 2.24) is 25.0 Å². The number of anilines is 1. The van der Waals surface area contributed by atoms with Gasteiger partial charge in [0.05, 0.1) is 23.4 Å². The molecule has 0 spiro atoms. The van der Waals surface area contributed by atoms with Gasteiger partial charge >= 0.3 is 0 Å². The van der Waals surface area contributed by atoms with E-state index in [1.165, 1.54) is 0 Å². The topological polar surface area (TPSA) is 68.5 Å². The summed E-state index contributed by atoms with van der Waals surface area (Å²) in [4.78, 5) is 8.64. The van der Waals surface area contributed by atoms with Crippen molar-refractivity contribution in [2.24, 2.45) is 0 Å². The number of para-hydroxylation sites is 2. The van der Waals surface area contributed by atoms with Gasteiger partial charge in [-0.15, -0.1) is 5.10 Å². The molecule has 0 aliphatic carbocycles. The van der Waals surface area contributed by atoms with Gasteiger partial charge < -0.3 is 5.32 Å². The Morgan fingerprint density at radius 1 is 0.958 bits per heavy atom. The van der Waals surface area contributed by atoms with E-state index in [-0.39, 0.29) is 6.04 Å². The standard InChI is InChI=1S/C18H16N6/c1-13(17-11-24(23-22-17)14-7-3-2-4-8-14)21-18-15-9-5-6-10-16(15)19-12-20-18/h2-13H,1H3,(H,19,20,21). The first kappa shape index (κ1) is 14.3. The molecule has 1 N–H and O–H groups in total. The summed E-state index contributed by atoms with van der Waals surface area (Å²) in [6.45, 7) is 2.04. The fraction of sp³-hybridized carbons (Fsp3) is 0.111. The van der Waals surface area contributed by atoms with Gasteiger partial charge in [-0.25, -0.2) is 14.6 Å². The molecule has 0 saturated heterocycles. The summed E-state index contributed by atoms with van der Waals surface area (Å²) in [7, 11) is 0. The van der Waals surface area contributed by atoms with Crippen LogP contribution in [0.4, 0.5) is 5.82 Å². The van der Waals surface area contributed by atoms with Crippen molar-refractivity contribution in [3.05, 3.63) is 72.8 Å². The zero-order chi connectivity index (χ0) is 16.4. The van der Waals surface area contributed by atoms with Crippen LogP contribution >= 0.6 is 0 Å². The van der Waals surface area contributed by atoms with Gasteiger partial charge in [-0.2, -0.15) is 0 Å². The molecule has 0 radical (unpaired) electrons. The zero-order valence-electron chi connectivity index (χ0n) is 13.2. The second-order valence-corrected chi connectivity index (χ2v) is 5.53. The molecule has 24 heavy (non-hydrogen) atoms. The molecule has 0 aliphatic rings. The molecule has 0 fully saturated rings. The fourth-order valence-corrected chi connectivity index (χ4v) is 2.58. The van der Waals surface area contributed by atoms with Crippen molar-refractivity contribution in [2.45, 2.75) is 13.0 Å². The molecule has 1 atom stereocenters. The van der Waals surface area contributed by atoms with Crippen LogP contribution in [0.5, 0.6) is 0 Å². The minimum atomic E-state index is -0.0271. The molecular weight excluding hydrogens is 300 g/mol. The van der Waals surface area contributed by atoms with Gasteiger partial charge in [0.15, 0.2) is 0 Å². The molecule has 6 heteroatoms. The Labute approximate surface area is 139 Å². The number of hydrogen-bond acceptors (Lipinski definition) is 5.